The van der Waals surface area contributed by atoms with Gasteiger partial charge < -0.3 is 24.2 Å². The summed E-state index contributed by atoms with van der Waals surface area (Å²) in [6, 6.07) is 2.59. The topological polar surface area (TPSA) is 85.3 Å². The zero-order valence-corrected chi connectivity index (χ0v) is 16.3. The Balaban J connectivity index is 2.46. The molecule has 0 aliphatic carbocycles. The van der Waals surface area contributed by atoms with Crippen molar-refractivity contribution >= 4 is 35.3 Å². The molecule has 1 heterocycles. The van der Waals surface area contributed by atoms with Gasteiger partial charge in [-0.1, -0.05) is 30.1 Å². The summed E-state index contributed by atoms with van der Waals surface area (Å²) in [5, 5.41) is 10.2. The van der Waals surface area contributed by atoms with E-state index in [1.165, 1.54) is 19.1 Å². The Morgan fingerprint density at radius 3 is 2.62 bits per heavy atom. The molecule has 0 bridgehead atoms. The molecule has 0 radical (unpaired) electrons. The second-order valence-electron chi connectivity index (χ2n) is 6.52. The van der Waals surface area contributed by atoms with Crippen molar-refractivity contribution in [2.24, 2.45) is 5.41 Å². The molecule has 1 aliphatic heterocycles. The van der Waals surface area contributed by atoms with E-state index >= 15 is 0 Å². The van der Waals surface area contributed by atoms with Crippen LogP contribution in [-0.2, 0) is 14.3 Å². The van der Waals surface area contributed by atoms with E-state index in [4.69, 9.17) is 37.4 Å². The number of halogens is 2. The van der Waals surface area contributed by atoms with Crippen LogP contribution >= 0.6 is 23.2 Å². The summed E-state index contributed by atoms with van der Waals surface area (Å²) >= 11 is 12.5. The Hall–Kier alpha value is -1.70. The van der Waals surface area contributed by atoms with E-state index in [0.29, 0.717) is 22.8 Å². The Morgan fingerprint density at radius 1 is 1.35 bits per heavy atom. The minimum absolute atomic E-state index is 0.0236. The Kier molecular flexibility index (Phi) is 6.60. The molecule has 26 heavy (non-hydrogen) atoms. The number of methoxy groups -OCH3 is 2. The van der Waals surface area contributed by atoms with Crippen LogP contribution in [0.4, 0.5) is 4.79 Å². The van der Waals surface area contributed by atoms with Crippen molar-refractivity contribution in [3.63, 3.8) is 0 Å². The van der Waals surface area contributed by atoms with E-state index in [1.54, 1.807) is 12.1 Å². The zero-order chi connectivity index (χ0) is 19.5. The van der Waals surface area contributed by atoms with Gasteiger partial charge in [-0.15, -0.1) is 0 Å². The summed E-state index contributed by atoms with van der Waals surface area (Å²) in [6.07, 6.45) is -0.647. The van der Waals surface area contributed by atoms with Crippen molar-refractivity contribution in [1.29, 1.82) is 0 Å². The summed E-state index contributed by atoms with van der Waals surface area (Å²) < 4.78 is 15.2. The highest BCUT2D eigenvalue weighted by molar-refractivity contribution is 6.42. The number of esters is 1. The Morgan fingerprint density at radius 2 is 2.04 bits per heavy atom. The van der Waals surface area contributed by atoms with Crippen LogP contribution in [0.25, 0.3) is 0 Å². The Labute approximate surface area is 161 Å². The monoisotopic (exact) mass is 405 g/mol. The molecule has 2 unspecified atom stereocenters. The van der Waals surface area contributed by atoms with Crippen LogP contribution in [0.15, 0.2) is 12.1 Å². The fourth-order valence-corrected chi connectivity index (χ4v) is 3.72. The quantitative estimate of drug-likeness (QED) is 0.569. The van der Waals surface area contributed by atoms with Crippen molar-refractivity contribution in [2.75, 3.05) is 27.6 Å². The lowest BCUT2D eigenvalue weighted by atomic mass is 9.83. The molecule has 1 aromatic rings. The number of carbonyl (C=O) groups excluding carboxylic acids is 1. The molecule has 2 rings (SSSR count). The molecular formula is C17H21Cl2NO6. The number of benzene rings is 1. The maximum Gasteiger partial charge on any atom is 0.407 e. The Bertz CT molecular complexity index is 698. The molecule has 0 saturated carbocycles. The van der Waals surface area contributed by atoms with Gasteiger partial charge >= 0.3 is 12.1 Å². The van der Waals surface area contributed by atoms with Crippen molar-refractivity contribution in [3.05, 3.63) is 27.7 Å². The van der Waals surface area contributed by atoms with Gasteiger partial charge in [0.2, 0.25) is 0 Å². The molecule has 1 saturated heterocycles. The SMILES string of the molecule is COCOc1ccc(Cl)c(Cl)c1C1CC(C)(CC(=O)OC)CN1C(=O)O. The van der Waals surface area contributed by atoms with Gasteiger partial charge in [-0.25, -0.2) is 4.79 Å². The van der Waals surface area contributed by atoms with Gasteiger partial charge in [0.25, 0.3) is 0 Å². The highest BCUT2D eigenvalue weighted by Gasteiger charge is 2.46. The van der Waals surface area contributed by atoms with E-state index in [-0.39, 0.29) is 24.8 Å². The van der Waals surface area contributed by atoms with Gasteiger partial charge in [-0.2, -0.15) is 0 Å². The molecule has 1 N–H and O–H groups in total. The number of hydrogen-bond donors (Lipinski definition) is 1. The molecular weight excluding hydrogens is 385 g/mol. The average molecular weight is 406 g/mol. The fourth-order valence-electron chi connectivity index (χ4n) is 3.28. The van der Waals surface area contributed by atoms with Crippen LogP contribution in [0.3, 0.4) is 0 Å². The summed E-state index contributed by atoms with van der Waals surface area (Å²) in [5.41, 5.74) is -0.132. The third-order valence-corrected chi connectivity index (χ3v) is 5.24. The molecule has 1 amide bonds. The molecule has 9 heteroatoms. The normalized spacial score (nSPS) is 22.3. The number of nitrogens with zero attached hydrogens (tertiary/aromatic N) is 1. The molecule has 2 atom stereocenters. The third-order valence-electron chi connectivity index (χ3n) is 4.42. The van der Waals surface area contributed by atoms with Crippen molar-refractivity contribution in [2.45, 2.75) is 25.8 Å². The first-order chi connectivity index (χ1) is 12.2. The van der Waals surface area contributed by atoms with Crippen LogP contribution < -0.4 is 4.74 Å². The highest BCUT2D eigenvalue weighted by Crippen LogP contribution is 2.50. The van der Waals surface area contributed by atoms with E-state index in [2.05, 4.69) is 0 Å². The molecule has 7 nitrogen and oxygen atoms in total. The maximum atomic E-state index is 11.8. The molecule has 0 spiro atoms. The number of hydrogen-bond acceptors (Lipinski definition) is 5. The smallest absolute Gasteiger partial charge is 0.407 e. The van der Waals surface area contributed by atoms with Crippen LogP contribution in [-0.4, -0.2) is 49.6 Å². The summed E-state index contributed by atoms with van der Waals surface area (Å²) in [4.78, 5) is 24.8. The molecule has 144 valence electrons. The number of amides is 1. The second-order valence-corrected chi connectivity index (χ2v) is 7.30. The maximum absolute atomic E-state index is 11.8. The standard InChI is InChI=1S/C17H21Cl2NO6/c1-17(7-13(21)25-3)6-11(20(8-17)16(22)23)14-12(26-9-24-2)5-4-10(18)15(14)19/h4-5,11H,6-9H2,1-3H3,(H,22,23). The van der Waals surface area contributed by atoms with Gasteiger partial charge in [0.15, 0.2) is 6.79 Å². The average Bonchev–Trinajstić information content (AvgIpc) is 2.93. The lowest BCUT2D eigenvalue weighted by Crippen LogP contribution is -2.32. The van der Waals surface area contributed by atoms with Gasteiger partial charge in [-0.3, -0.25) is 4.79 Å². The summed E-state index contributed by atoms with van der Waals surface area (Å²) in [5.74, 6) is -0.00801. The predicted octanol–water partition coefficient (Wildman–Crippen LogP) is 3.97. The minimum atomic E-state index is -1.11. The van der Waals surface area contributed by atoms with E-state index < -0.39 is 23.5 Å². The number of carboxylic acid groups (broad SMARTS) is 1. The fraction of sp³-hybridized carbons (Fsp3) is 0.529. The number of likely N-dealkylation sites (tertiary alicyclic amines) is 1. The van der Waals surface area contributed by atoms with Gasteiger partial charge in [-0.05, 0) is 24.0 Å². The number of carbonyl (C=O) groups is 2. The van der Waals surface area contributed by atoms with Crippen LogP contribution in [0.5, 0.6) is 5.75 Å². The number of rotatable bonds is 6. The first kappa shape index (κ1) is 20.6. The largest absolute Gasteiger partial charge is 0.469 e. The second kappa shape index (κ2) is 8.33. The molecule has 1 aliphatic rings. The minimum Gasteiger partial charge on any atom is -0.469 e. The van der Waals surface area contributed by atoms with Gasteiger partial charge in [0.1, 0.15) is 5.75 Å². The van der Waals surface area contributed by atoms with Crippen LogP contribution in [0, 0.1) is 5.41 Å². The van der Waals surface area contributed by atoms with Crippen molar-refractivity contribution in [1.82, 2.24) is 4.90 Å². The van der Waals surface area contributed by atoms with Gasteiger partial charge in [0.05, 0.1) is 29.6 Å². The zero-order valence-electron chi connectivity index (χ0n) is 14.8. The van der Waals surface area contributed by atoms with E-state index in [9.17, 15) is 14.7 Å². The molecule has 1 fully saturated rings. The molecule has 1 aromatic carbocycles. The predicted molar refractivity (Wildman–Crippen MR) is 95.8 cm³/mol. The lowest BCUT2D eigenvalue weighted by molar-refractivity contribution is -0.143. The number of ether oxygens (including phenoxy) is 3. The third kappa shape index (κ3) is 4.34. The highest BCUT2D eigenvalue weighted by atomic mass is 35.5. The first-order valence-corrected chi connectivity index (χ1v) is 8.64. The summed E-state index contributed by atoms with van der Waals surface area (Å²) in [7, 11) is 2.78. The van der Waals surface area contributed by atoms with Crippen molar-refractivity contribution < 1.29 is 28.9 Å². The lowest BCUT2D eigenvalue weighted by Gasteiger charge is -2.25. The van der Waals surface area contributed by atoms with Crippen molar-refractivity contribution in [3.8, 4) is 5.75 Å². The van der Waals surface area contributed by atoms with Crippen LogP contribution in [0.2, 0.25) is 10.0 Å². The van der Waals surface area contributed by atoms with E-state index in [0.717, 1.165) is 0 Å². The first-order valence-electron chi connectivity index (χ1n) is 7.88. The van der Waals surface area contributed by atoms with Gasteiger partial charge in [0, 0.05) is 19.2 Å². The van der Waals surface area contributed by atoms with E-state index in [1.807, 2.05) is 6.92 Å². The van der Waals surface area contributed by atoms with Crippen LogP contribution in [0.1, 0.15) is 31.4 Å². The summed E-state index contributed by atoms with van der Waals surface area (Å²) in [6.45, 7) is 1.98. The molecule has 0 aromatic heterocycles.